The van der Waals surface area contributed by atoms with Gasteiger partial charge in [0.2, 0.25) is 0 Å². The molecule has 0 bridgehead atoms. The van der Waals surface area contributed by atoms with Gasteiger partial charge in [0.15, 0.2) is 0 Å². The summed E-state index contributed by atoms with van der Waals surface area (Å²) in [4.78, 5) is 4.33. The number of aliphatic hydroxyl groups excluding tert-OH is 1. The van der Waals surface area contributed by atoms with Crippen molar-refractivity contribution >= 4 is 11.8 Å². The minimum atomic E-state index is 0.0407. The monoisotopic (exact) mass is 195 g/mol. The van der Waals surface area contributed by atoms with E-state index in [0.717, 1.165) is 16.0 Å². The SMILES string of the molecule is OCc1cccc(SC2CCC2)n1. The molecule has 1 aliphatic rings. The Morgan fingerprint density at radius 2 is 2.31 bits per heavy atom. The maximum Gasteiger partial charge on any atom is 0.0966 e. The number of hydrogen-bond donors (Lipinski definition) is 1. The molecule has 2 rings (SSSR count). The summed E-state index contributed by atoms with van der Waals surface area (Å²) >= 11 is 1.84. The Kier molecular flexibility index (Phi) is 2.86. The molecule has 0 saturated heterocycles. The fourth-order valence-electron chi connectivity index (χ4n) is 1.27. The van der Waals surface area contributed by atoms with E-state index in [-0.39, 0.29) is 6.61 Å². The second-order valence-corrected chi connectivity index (χ2v) is 4.62. The van der Waals surface area contributed by atoms with Gasteiger partial charge in [-0.05, 0) is 25.0 Å². The van der Waals surface area contributed by atoms with E-state index in [2.05, 4.69) is 4.98 Å². The van der Waals surface area contributed by atoms with E-state index in [9.17, 15) is 0 Å². The van der Waals surface area contributed by atoms with Gasteiger partial charge in [-0.25, -0.2) is 4.98 Å². The van der Waals surface area contributed by atoms with E-state index in [1.165, 1.54) is 19.3 Å². The summed E-state index contributed by atoms with van der Waals surface area (Å²) in [5.41, 5.74) is 0.768. The van der Waals surface area contributed by atoms with Crippen LogP contribution in [0, 0.1) is 0 Å². The number of nitrogens with zero attached hydrogens (tertiary/aromatic N) is 1. The molecule has 13 heavy (non-hydrogen) atoms. The van der Waals surface area contributed by atoms with Crippen LogP contribution in [0.5, 0.6) is 0 Å². The molecule has 0 atom stereocenters. The van der Waals surface area contributed by atoms with Crippen LogP contribution >= 0.6 is 11.8 Å². The smallest absolute Gasteiger partial charge is 0.0966 e. The first kappa shape index (κ1) is 9.03. The first-order valence-corrected chi connectivity index (χ1v) is 5.50. The summed E-state index contributed by atoms with van der Waals surface area (Å²) in [6.45, 7) is 0.0407. The fourth-order valence-corrected chi connectivity index (χ4v) is 2.51. The molecule has 3 heteroatoms. The average molecular weight is 195 g/mol. The maximum absolute atomic E-state index is 8.90. The molecular weight excluding hydrogens is 182 g/mol. The van der Waals surface area contributed by atoms with Gasteiger partial charge in [0.05, 0.1) is 17.3 Å². The van der Waals surface area contributed by atoms with Crippen LogP contribution in [0.3, 0.4) is 0 Å². The fraction of sp³-hybridized carbons (Fsp3) is 0.500. The minimum Gasteiger partial charge on any atom is -0.390 e. The van der Waals surface area contributed by atoms with Crippen LogP contribution in [0.15, 0.2) is 23.2 Å². The van der Waals surface area contributed by atoms with Crippen molar-refractivity contribution in [3.63, 3.8) is 0 Å². The van der Waals surface area contributed by atoms with Crippen LogP contribution in [0.2, 0.25) is 0 Å². The second kappa shape index (κ2) is 4.11. The molecule has 0 amide bonds. The molecule has 70 valence electrons. The Bertz CT molecular complexity index is 286. The van der Waals surface area contributed by atoms with Crippen LogP contribution in [-0.4, -0.2) is 15.3 Å². The predicted molar refractivity (Wildman–Crippen MR) is 53.7 cm³/mol. The zero-order valence-electron chi connectivity index (χ0n) is 7.44. The lowest BCUT2D eigenvalue weighted by Gasteiger charge is -2.23. The van der Waals surface area contributed by atoms with Crippen molar-refractivity contribution in [2.45, 2.75) is 36.1 Å². The number of aromatic nitrogens is 1. The summed E-state index contributed by atoms with van der Waals surface area (Å²) in [6.07, 6.45) is 3.99. The summed E-state index contributed by atoms with van der Waals surface area (Å²) in [6, 6.07) is 5.83. The third-order valence-electron chi connectivity index (χ3n) is 2.28. The number of rotatable bonds is 3. The number of pyridine rings is 1. The van der Waals surface area contributed by atoms with Crippen LogP contribution in [-0.2, 0) is 6.61 Å². The molecule has 1 aliphatic carbocycles. The zero-order chi connectivity index (χ0) is 9.10. The summed E-state index contributed by atoms with van der Waals surface area (Å²) < 4.78 is 0. The van der Waals surface area contributed by atoms with E-state index >= 15 is 0 Å². The molecule has 1 aromatic heterocycles. The Labute approximate surface area is 82.4 Å². The molecule has 0 unspecified atom stereocenters. The van der Waals surface area contributed by atoms with Crippen LogP contribution < -0.4 is 0 Å². The highest BCUT2D eigenvalue weighted by molar-refractivity contribution is 7.99. The number of thioether (sulfide) groups is 1. The van der Waals surface area contributed by atoms with Gasteiger partial charge in [-0.2, -0.15) is 0 Å². The Morgan fingerprint density at radius 3 is 2.92 bits per heavy atom. The quantitative estimate of drug-likeness (QED) is 0.802. The first-order chi connectivity index (χ1) is 6.38. The van der Waals surface area contributed by atoms with Gasteiger partial charge in [-0.1, -0.05) is 12.5 Å². The second-order valence-electron chi connectivity index (χ2n) is 3.30. The molecule has 1 fully saturated rings. The van der Waals surface area contributed by atoms with Crippen LogP contribution in [0.25, 0.3) is 0 Å². The van der Waals surface area contributed by atoms with E-state index in [1.54, 1.807) is 0 Å². The molecule has 1 aromatic rings. The maximum atomic E-state index is 8.90. The minimum absolute atomic E-state index is 0.0407. The van der Waals surface area contributed by atoms with Crippen molar-refractivity contribution < 1.29 is 5.11 Å². The molecular formula is C10H13NOS. The predicted octanol–water partition coefficient (Wildman–Crippen LogP) is 2.22. The lowest BCUT2D eigenvalue weighted by molar-refractivity contribution is 0.276. The van der Waals surface area contributed by atoms with Crippen molar-refractivity contribution in [2.24, 2.45) is 0 Å². The van der Waals surface area contributed by atoms with Gasteiger partial charge < -0.3 is 5.11 Å². The van der Waals surface area contributed by atoms with Crippen molar-refractivity contribution in [3.8, 4) is 0 Å². The lowest BCUT2D eigenvalue weighted by atomic mass is 10.0. The summed E-state index contributed by atoms with van der Waals surface area (Å²) in [5.74, 6) is 0. The van der Waals surface area contributed by atoms with Gasteiger partial charge in [0.1, 0.15) is 0 Å². The molecule has 1 heterocycles. The van der Waals surface area contributed by atoms with Gasteiger partial charge >= 0.3 is 0 Å². The molecule has 2 nitrogen and oxygen atoms in total. The molecule has 0 aliphatic heterocycles. The molecule has 1 saturated carbocycles. The standard InChI is InChI=1S/C10H13NOS/c12-7-8-3-1-6-10(11-8)13-9-4-2-5-9/h1,3,6,9,12H,2,4-5,7H2. The van der Waals surface area contributed by atoms with E-state index in [0.29, 0.717) is 0 Å². The number of hydrogen-bond acceptors (Lipinski definition) is 3. The van der Waals surface area contributed by atoms with Crippen LogP contribution in [0.4, 0.5) is 0 Å². The van der Waals surface area contributed by atoms with Crippen molar-refractivity contribution in [1.82, 2.24) is 4.98 Å². The largest absolute Gasteiger partial charge is 0.390 e. The Morgan fingerprint density at radius 1 is 1.46 bits per heavy atom. The van der Waals surface area contributed by atoms with Gasteiger partial charge in [-0.15, -0.1) is 11.8 Å². The molecule has 0 aromatic carbocycles. The number of aliphatic hydroxyl groups is 1. The van der Waals surface area contributed by atoms with Crippen molar-refractivity contribution in [1.29, 1.82) is 0 Å². The highest BCUT2D eigenvalue weighted by atomic mass is 32.2. The Hall–Kier alpha value is -0.540. The van der Waals surface area contributed by atoms with Crippen molar-refractivity contribution in [2.75, 3.05) is 0 Å². The van der Waals surface area contributed by atoms with E-state index in [1.807, 2.05) is 30.0 Å². The Balaban J connectivity index is 2.01. The third-order valence-corrected chi connectivity index (χ3v) is 3.56. The van der Waals surface area contributed by atoms with E-state index in [4.69, 9.17) is 5.11 Å². The van der Waals surface area contributed by atoms with Gasteiger partial charge in [0.25, 0.3) is 0 Å². The van der Waals surface area contributed by atoms with Crippen LogP contribution in [0.1, 0.15) is 25.0 Å². The van der Waals surface area contributed by atoms with Gasteiger partial charge in [0, 0.05) is 5.25 Å². The first-order valence-electron chi connectivity index (χ1n) is 4.62. The average Bonchev–Trinajstić information content (AvgIpc) is 2.12. The van der Waals surface area contributed by atoms with Crippen molar-refractivity contribution in [3.05, 3.63) is 23.9 Å². The molecule has 0 spiro atoms. The topological polar surface area (TPSA) is 33.1 Å². The molecule has 0 radical (unpaired) electrons. The van der Waals surface area contributed by atoms with E-state index < -0.39 is 0 Å². The van der Waals surface area contributed by atoms with Gasteiger partial charge in [-0.3, -0.25) is 0 Å². The highest BCUT2D eigenvalue weighted by Crippen LogP contribution is 2.35. The lowest BCUT2D eigenvalue weighted by Crippen LogP contribution is -2.13. The summed E-state index contributed by atoms with van der Waals surface area (Å²) in [7, 11) is 0. The summed E-state index contributed by atoms with van der Waals surface area (Å²) in [5, 5.41) is 10.7. The normalized spacial score (nSPS) is 17.0. The molecule has 1 N–H and O–H groups in total. The highest BCUT2D eigenvalue weighted by Gasteiger charge is 2.18. The zero-order valence-corrected chi connectivity index (χ0v) is 8.26. The third kappa shape index (κ3) is 2.23.